The van der Waals surface area contributed by atoms with Gasteiger partial charge >= 0.3 is 23.9 Å². The van der Waals surface area contributed by atoms with Gasteiger partial charge in [-0.3, -0.25) is 4.79 Å². The van der Waals surface area contributed by atoms with E-state index in [2.05, 4.69) is 30.6 Å². The van der Waals surface area contributed by atoms with E-state index in [1.165, 1.54) is 24.6 Å². The fraction of sp³-hybridized carbons (Fsp3) is 0.229. The number of rotatable bonds is 19. The van der Waals surface area contributed by atoms with Crippen molar-refractivity contribution in [2.75, 3.05) is 25.1 Å². The first-order chi connectivity index (χ1) is 29.0. The number of nitrogens with one attached hydrogen (secondary N) is 1. The number of hydrogen-bond acceptors (Lipinski definition) is 12. The average Bonchev–Trinajstić information content (AvgIpc) is 3.23. The SMILES string of the molecule is C=CC(=O)OCCCCOc1ccc(C(=O)Oc2ccc(C3(C)Nc4ccc(OC(=O)c5ccc(OCCCCC6=CC=C6)cc5)cc4C(=O)O3)cc2)cc1.C=CC(C)=O. The number of ether oxygens (including phenoxy) is 6. The molecule has 4 aromatic carbocycles. The molecule has 0 saturated carbocycles. The van der Waals surface area contributed by atoms with E-state index in [4.69, 9.17) is 28.4 Å². The third-order valence-corrected chi connectivity index (χ3v) is 9.14. The van der Waals surface area contributed by atoms with Crippen LogP contribution in [0.2, 0.25) is 0 Å². The highest BCUT2D eigenvalue weighted by atomic mass is 16.6. The van der Waals surface area contributed by atoms with Gasteiger partial charge in [-0.1, -0.05) is 31.4 Å². The number of hydrogen-bond donors (Lipinski definition) is 1. The molecule has 1 aliphatic carbocycles. The van der Waals surface area contributed by atoms with Crippen LogP contribution >= 0.6 is 0 Å². The highest BCUT2D eigenvalue weighted by Crippen LogP contribution is 2.37. The second-order valence-corrected chi connectivity index (χ2v) is 13.8. The molecule has 12 heteroatoms. The van der Waals surface area contributed by atoms with Gasteiger partial charge in [0.2, 0.25) is 5.72 Å². The lowest BCUT2D eigenvalue weighted by atomic mass is 10.00. The minimum Gasteiger partial charge on any atom is -0.494 e. The van der Waals surface area contributed by atoms with Crippen LogP contribution in [0.15, 0.2) is 140 Å². The Labute approximate surface area is 349 Å². The molecule has 0 spiro atoms. The molecular formula is C48H47NO11. The van der Waals surface area contributed by atoms with E-state index in [0.717, 1.165) is 25.3 Å². The van der Waals surface area contributed by atoms with E-state index < -0.39 is 29.6 Å². The molecule has 1 unspecified atom stereocenters. The number of cyclic esters (lactones) is 1. The number of carbonyl (C=O) groups is 5. The Bertz CT molecular complexity index is 2240. The number of allylic oxidation sites excluding steroid dienone is 5. The molecule has 6 rings (SSSR count). The minimum absolute atomic E-state index is 0.0185. The molecular weight excluding hydrogens is 767 g/mol. The number of ketones is 1. The number of carbonyl (C=O) groups excluding carboxylic acids is 5. The third-order valence-electron chi connectivity index (χ3n) is 9.14. The van der Waals surface area contributed by atoms with Gasteiger partial charge < -0.3 is 33.7 Å². The first-order valence-electron chi connectivity index (χ1n) is 19.4. The van der Waals surface area contributed by atoms with E-state index in [0.29, 0.717) is 72.3 Å². The topological polar surface area (TPSA) is 153 Å². The first-order valence-corrected chi connectivity index (χ1v) is 19.4. The lowest BCUT2D eigenvalue weighted by Crippen LogP contribution is -2.41. The summed E-state index contributed by atoms with van der Waals surface area (Å²) in [6.07, 6.45) is 13.1. The van der Waals surface area contributed by atoms with Crippen molar-refractivity contribution in [3.8, 4) is 23.0 Å². The zero-order chi connectivity index (χ0) is 42.9. The highest BCUT2D eigenvalue weighted by molar-refractivity contribution is 5.99. The molecule has 0 bridgehead atoms. The zero-order valence-corrected chi connectivity index (χ0v) is 33.6. The summed E-state index contributed by atoms with van der Waals surface area (Å²) in [5.41, 5.74) is 2.13. The molecule has 12 nitrogen and oxygen atoms in total. The van der Waals surface area contributed by atoms with Gasteiger partial charge in [0.1, 0.15) is 23.0 Å². The van der Waals surface area contributed by atoms with Crippen LogP contribution in [-0.2, 0) is 24.8 Å². The number of unbranched alkanes of at least 4 members (excludes halogenated alkanes) is 2. The van der Waals surface area contributed by atoms with Crippen LogP contribution in [0.3, 0.4) is 0 Å². The lowest BCUT2D eigenvalue weighted by Gasteiger charge is -2.36. The van der Waals surface area contributed by atoms with Gasteiger partial charge in [0, 0.05) is 11.6 Å². The van der Waals surface area contributed by atoms with Crippen LogP contribution in [-0.4, -0.2) is 49.5 Å². The van der Waals surface area contributed by atoms with Gasteiger partial charge in [0.05, 0.1) is 42.2 Å². The average molecular weight is 814 g/mol. The number of benzene rings is 4. The van der Waals surface area contributed by atoms with E-state index >= 15 is 0 Å². The van der Waals surface area contributed by atoms with Gasteiger partial charge in [0.15, 0.2) is 5.78 Å². The Morgan fingerprint density at radius 3 is 1.75 bits per heavy atom. The molecule has 1 aliphatic heterocycles. The molecule has 0 amide bonds. The molecule has 2 aliphatic rings. The minimum atomic E-state index is -1.23. The largest absolute Gasteiger partial charge is 0.494 e. The van der Waals surface area contributed by atoms with E-state index in [9.17, 15) is 24.0 Å². The third kappa shape index (κ3) is 12.9. The molecule has 1 N–H and O–H groups in total. The highest BCUT2D eigenvalue weighted by Gasteiger charge is 2.38. The lowest BCUT2D eigenvalue weighted by molar-refractivity contribution is -0.137. The predicted molar refractivity (Wildman–Crippen MR) is 225 cm³/mol. The van der Waals surface area contributed by atoms with Crippen LogP contribution in [0.1, 0.15) is 82.6 Å². The molecule has 0 saturated heterocycles. The maximum absolute atomic E-state index is 13.2. The van der Waals surface area contributed by atoms with Crippen LogP contribution in [0.4, 0.5) is 5.69 Å². The molecule has 0 fully saturated rings. The molecule has 1 atom stereocenters. The summed E-state index contributed by atoms with van der Waals surface area (Å²) in [6.45, 7) is 11.1. The van der Waals surface area contributed by atoms with Gasteiger partial charge in [-0.2, -0.15) is 0 Å². The Kier molecular flexibility index (Phi) is 15.7. The van der Waals surface area contributed by atoms with E-state index in [-0.39, 0.29) is 17.1 Å². The summed E-state index contributed by atoms with van der Waals surface area (Å²) in [5.74, 6) is -0.404. The van der Waals surface area contributed by atoms with Gasteiger partial charge in [-0.25, -0.2) is 19.2 Å². The van der Waals surface area contributed by atoms with Crippen LogP contribution in [0.5, 0.6) is 23.0 Å². The summed E-state index contributed by atoms with van der Waals surface area (Å²) >= 11 is 0. The van der Waals surface area contributed by atoms with Crippen molar-refractivity contribution >= 4 is 35.3 Å². The van der Waals surface area contributed by atoms with Crippen molar-refractivity contribution in [3.05, 3.63) is 162 Å². The number of anilines is 1. The molecule has 0 radical (unpaired) electrons. The molecule has 60 heavy (non-hydrogen) atoms. The summed E-state index contributed by atoms with van der Waals surface area (Å²) < 4.78 is 33.4. The van der Waals surface area contributed by atoms with Crippen LogP contribution in [0, 0.1) is 0 Å². The van der Waals surface area contributed by atoms with Gasteiger partial charge in [-0.05, 0) is 149 Å². The molecule has 4 aromatic rings. The van der Waals surface area contributed by atoms with Crippen molar-refractivity contribution in [1.82, 2.24) is 0 Å². The van der Waals surface area contributed by atoms with Gasteiger partial charge in [-0.15, -0.1) is 0 Å². The Hall–Kier alpha value is -7.21. The maximum atomic E-state index is 13.2. The van der Waals surface area contributed by atoms with Gasteiger partial charge in [0.25, 0.3) is 0 Å². The number of esters is 4. The van der Waals surface area contributed by atoms with Crippen LogP contribution < -0.4 is 24.3 Å². The maximum Gasteiger partial charge on any atom is 0.343 e. The fourth-order valence-corrected chi connectivity index (χ4v) is 5.71. The fourth-order valence-electron chi connectivity index (χ4n) is 5.71. The van der Waals surface area contributed by atoms with Crippen molar-refractivity contribution in [2.24, 2.45) is 0 Å². The molecule has 1 heterocycles. The predicted octanol–water partition coefficient (Wildman–Crippen LogP) is 9.28. The normalized spacial score (nSPS) is 14.5. The van der Waals surface area contributed by atoms with E-state index in [1.807, 2.05) is 6.08 Å². The summed E-state index contributed by atoms with van der Waals surface area (Å²) in [6, 6.07) is 24.6. The van der Waals surface area contributed by atoms with Crippen LogP contribution in [0.25, 0.3) is 0 Å². The Balaban J connectivity index is 0.00000129. The second kappa shape index (κ2) is 21.5. The summed E-state index contributed by atoms with van der Waals surface area (Å²) in [7, 11) is 0. The first kappa shape index (κ1) is 43.9. The summed E-state index contributed by atoms with van der Waals surface area (Å²) in [5, 5.41) is 3.25. The zero-order valence-electron chi connectivity index (χ0n) is 33.6. The molecule has 310 valence electrons. The quantitative estimate of drug-likeness (QED) is 0.0416. The smallest absolute Gasteiger partial charge is 0.343 e. The Morgan fingerprint density at radius 2 is 1.22 bits per heavy atom. The van der Waals surface area contributed by atoms with Crippen molar-refractivity contribution in [3.63, 3.8) is 0 Å². The second-order valence-electron chi connectivity index (χ2n) is 13.8. The van der Waals surface area contributed by atoms with Crippen molar-refractivity contribution in [1.29, 1.82) is 0 Å². The Morgan fingerprint density at radius 1 is 0.700 bits per heavy atom. The van der Waals surface area contributed by atoms with Crippen molar-refractivity contribution < 1.29 is 52.4 Å². The summed E-state index contributed by atoms with van der Waals surface area (Å²) in [4.78, 5) is 59.6. The number of fused-ring (bicyclic) bond motifs is 1. The van der Waals surface area contributed by atoms with E-state index in [1.54, 1.807) is 91.9 Å². The monoisotopic (exact) mass is 813 g/mol. The molecule has 0 aromatic heterocycles. The van der Waals surface area contributed by atoms with Crippen molar-refractivity contribution in [2.45, 2.75) is 51.7 Å². The standard InChI is InChI=1S/C44H41NO10.C4H6O/c1-3-40(46)52-28-7-6-27-51-35-18-12-31(13-19-35)41(47)53-36-22-16-33(17-23-36)44(2)45-39-25-24-37(29-38(39)43(49)55-44)54-42(48)32-14-20-34(21-15-32)50-26-5-4-9-30-10-8-11-30;1-3-4(2)5/h3,8,10-25,29,45H,1,4-7,9,26-28H2,2H3;3H,1H2,2H3.